The van der Waals surface area contributed by atoms with Crippen LogP contribution in [0.2, 0.25) is 13.1 Å². The predicted octanol–water partition coefficient (Wildman–Crippen LogP) is 9.36. The van der Waals surface area contributed by atoms with E-state index in [1.165, 1.54) is 43.8 Å². The van der Waals surface area contributed by atoms with Crippen molar-refractivity contribution in [2.45, 2.75) is 65.4 Å². The van der Waals surface area contributed by atoms with Gasteiger partial charge in [-0.15, -0.1) is 23.2 Å². The second-order valence-electron chi connectivity index (χ2n) is 11.6. The fourth-order valence-corrected chi connectivity index (χ4v) is 11.6. The third kappa shape index (κ3) is 3.48. The van der Waals surface area contributed by atoms with E-state index in [0.717, 1.165) is 0 Å². The molecule has 0 aromatic heterocycles. The van der Waals surface area contributed by atoms with Gasteiger partial charge in [0.2, 0.25) is 0 Å². The van der Waals surface area contributed by atoms with E-state index in [2.05, 4.69) is 103 Å². The molecule has 0 N–H and O–H groups in total. The van der Waals surface area contributed by atoms with Gasteiger partial charge in [-0.1, -0.05) is 103 Å². The smallest absolute Gasteiger partial charge is 0.113 e. The Morgan fingerprint density at radius 3 is 1.26 bits per heavy atom. The summed E-state index contributed by atoms with van der Waals surface area (Å²) in [6.07, 6.45) is 0. The van der Waals surface area contributed by atoms with Crippen LogP contribution in [0.15, 0.2) is 59.7 Å². The molecule has 0 saturated carbocycles. The Balaban J connectivity index is 2.09. The lowest BCUT2D eigenvalue weighted by Crippen LogP contribution is -2.34. The highest BCUT2D eigenvalue weighted by Gasteiger charge is 2.49. The van der Waals surface area contributed by atoms with E-state index in [4.69, 9.17) is 23.2 Å². The molecule has 31 heavy (non-hydrogen) atoms. The van der Waals surface area contributed by atoms with Gasteiger partial charge in [0.15, 0.2) is 0 Å². The van der Waals surface area contributed by atoms with Crippen LogP contribution in [-0.2, 0) is 0 Å². The highest BCUT2D eigenvalue weighted by Crippen LogP contribution is 2.60. The Kier molecular flexibility index (Phi) is 5.44. The number of fused-ring (bicyclic) bond motifs is 2. The third-order valence-corrected chi connectivity index (χ3v) is 11.4. The average molecular weight is 470 g/mol. The standard InChI is InChI=1S/C28H34Cl2Si/c1-27(2,3)21-23(29)17-13-9-11-15-19(17)25(21)31(7,8)26-20-16-12-10-14-18(20)24(30)22(26)28(4,5)6/h9-16,23-24H,1-8H3. The summed E-state index contributed by atoms with van der Waals surface area (Å²) >= 11 is 14.4. The number of halogens is 2. The third-order valence-electron chi connectivity index (χ3n) is 6.92. The van der Waals surface area contributed by atoms with Gasteiger partial charge in [-0.3, -0.25) is 0 Å². The van der Waals surface area contributed by atoms with Crippen LogP contribution in [0.5, 0.6) is 0 Å². The molecule has 0 spiro atoms. The zero-order valence-corrected chi connectivity index (χ0v) is 22.5. The normalized spacial score (nSPS) is 21.6. The largest absolute Gasteiger partial charge is 0.113 e. The minimum Gasteiger partial charge on any atom is -0.113 e. The van der Waals surface area contributed by atoms with Crippen LogP contribution >= 0.6 is 23.2 Å². The van der Waals surface area contributed by atoms with Crippen molar-refractivity contribution in [3.05, 3.63) is 81.9 Å². The molecule has 0 radical (unpaired) electrons. The van der Waals surface area contributed by atoms with Gasteiger partial charge in [0.1, 0.15) is 8.07 Å². The van der Waals surface area contributed by atoms with Crippen molar-refractivity contribution in [1.82, 2.24) is 0 Å². The van der Waals surface area contributed by atoms with Crippen molar-refractivity contribution in [3.8, 4) is 0 Å². The fraction of sp³-hybridized carbons (Fsp3) is 0.429. The maximum absolute atomic E-state index is 7.18. The maximum Gasteiger partial charge on any atom is 0.113 e. The molecule has 0 heterocycles. The van der Waals surface area contributed by atoms with E-state index >= 15 is 0 Å². The predicted molar refractivity (Wildman–Crippen MR) is 140 cm³/mol. The molecule has 0 nitrogen and oxygen atoms in total. The summed E-state index contributed by atoms with van der Waals surface area (Å²) in [6.45, 7) is 18.8. The first kappa shape index (κ1) is 22.9. The Hall–Kier alpha value is -1.28. The lowest BCUT2D eigenvalue weighted by atomic mass is 9.85. The SMILES string of the molecule is CC(C)(C)C1=C([Si](C)(C)C2=C(C(C)(C)C)C(Cl)c3ccccc32)c2ccccc2C1Cl. The van der Waals surface area contributed by atoms with Crippen LogP contribution in [0.4, 0.5) is 0 Å². The molecule has 3 heteroatoms. The first-order valence-corrected chi connectivity index (χ1v) is 15.1. The van der Waals surface area contributed by atoms with Gasteiger partial charge in [0.25, 0.3) is 0 Å². The second kappa shape index (κ2) is 7.37. The minimum absolute atomic E-state index is 0.00795. The van der Waals surface area contributed by atoms with Gasteiger partial charge in [0.05, 0.1) is 10.8 Å². The van der Waals surface area contributed by atoms with Gasteiger partial charge < -0.3 is 0 Å². The van der Waals surface area contributed by atoms with Crippen LogP contribution in [0.1, 0.15) is 74.6 Å². The zero-order chi connectivity index (χ0) is 22.9. The first-order chi connectivity index (χ1) is 14.3. The number of benzene rings is 2. The van der Waals surface area contributed by atoms with E-state index in [-0.39, 0.29) is 21.6 Å². The molecule has 4 rings (SSSR count). The van der Waals surface area contributed by atoms with E-state index in [9.17, 15) is 0 Å². The monoisotopic (exact) mass is 468 g/mol. The lowest BCUT2D eigenvalue weighted by molar-refractivity contribution is 0.493. The molecule has 2 unspecified atom stereocenters. The number of hydrogen-bond donors (Lipinski definition) is 0. The van der Waals surface area contributed by atoms with E-state index in [1.807, 2.05) is 0 Å². The molecule has 0 fully saturated rings. The Bertz CT molecular complexity index is 1020. The molecular weight excluding hydrogens is 435 g/mol. The number of alkyl halides is 2. The quantitative estimate of drug-likeness (QED) is 0.304. The van der Waals surface area contributed by atoms with Crippen LogP contribution in [0.3, 0.4) is 0 Å². The molecular formula is C28H34Cl2Si. The average Bonchev–Trinajstić information content (AvgIpc) is 3.15. The summed E-state index contributed by atoms with van der Waals surface area (Å²) in [4.78, 5) is 0. The van der Waals surface area contributed by atoms with Crippen molar-refractivity contribution in [2.24, 2.45) is 10.8 Å². The molecule has 2 aromatic carbocycles. The zero-order valence-electron chi connectivity index (χ0n) is 20.0. The van der Waals surface area contributed by atoms with E-state index in [1.54, 1.807) is 0 Å². The maximum atomic E-state index is 7.18. The summed E-state index contributed by atoms with van der Waals surface area (Å²) in [5.74, 6) is 0. The molecule has 0 bridgehead atoms. The summed E-state index contributed by atoms with van der Waals surface area (Å²) in [6, 6.07) is 17.5. The van der Waals surface area contributed by atoms with Gasteiger partial charge >= 0.3 is 0 Å². The fourth-order valence-electron chi connectivity index (χ4n) is 5.73. The Morgan fingerprint density at radius 1 is 0.613 bits per heavy atom. The van der Waals surface area contributed by atoms with Crippen LogP contribution < -0.4 is 0 Å². The summed E-state index contributed by atoms with van der Waals surface area (Å²) < 4.78 is 0. The van der Waals surface area contributed by atoms with Crippen molar-refractivity contribution in [3.63, 3.8) is 0 Å². The Labute approximate surface area is 199 Å². The number of rotatable bonds is 2. The van der Waals surface area contributed by atoms with Crippen molar-refractivity contribution in [1.29, 1.82) is 0 Å². The highest BCUT2D eigenvalue weighted by atomic mass is 35.5. The van der Waals surface area contributed by atoms with Crippen LogP contribution in [-0.4, -0.2) is 8.07 Å². The van der Waals surface area contributed by atoms with Gasteiger partial charge in [0, 0.05) is 0 Å². The van der Waals surface area contributed by atoms with Crippen LogP contribution in [0, 0.1) is 10.8 Å². The van der Waals surface area contributed by atoms with Gasteiger partial charge in [-0.05, 0) is 54.6 Å². The van der Waals surface area contributed by atoms with Crippen molar-refractivity contribution in [2.75, 3.05) is 0 Å². The van der Waals surface area contributed by atoms with Gasteiger partial charge in [-0.25, -0.2) is 0 Å². The van der Waals surface area contributed by atoms with Crippen molar-refractivity contribution < 1.29 is 0 Å². The number of allylic oxidation sites excluding steroid dienone is 2. The molecule has 0 aliphatic heterocycles. The number of hydrogen-bond acceptors (Lipinski definition) is 0. The first-order valence-electron chi connectivity index (χ1n) is 11.2. The molecule has 164 valence electrons. The van der Waals surface area contributed by atoms with E-state index in [0.29, 0.717) is 0 Å². The molecule has 2 aliphatic carbocycles. The second-order valence-corrected chi connectivity index (χ2v) is 16.7. The van der Waals surface area contributed by atoms with E-state index < -0.39 is 8.07 Å². The topological polar surface area (TPSA) is 0 Å². The summed E-state index contributed by atoms with van der Waals surface area (Å²) in [7, 11) is -2.18. The summed E-state index contributed by atoms with van der Waals surface area (Å²) in [5.41, 5.74) is 7.98. The Morgan fingerprint density at radius 2 is 0.935 bits per heavy atom. The minimum atomic E-state index is -2.18. The molecule has 2 atom stereocenters. The lowest BCUT2D eigenvalue weighted by Gasteiger charge is -2.36. The highest BCUT2D eigenvalue weighted by molar-refractivity contribution is 7.09. The van der Waals surface area contributed by atoms with Gasteiger partial charge in [-0.2, -0.15) is 0 Å². The molecule has 2 aromatic rings. The molecule has 0 amide bonds. The van der Waals surface area contributed by atoms with Crippen LogP contribution in [0.25, 0.3) is 10.4 Å². The molecule has 0 saturated heterocycles. The summed E-state index contributed by atoms with van der Waals surface area (Å²) in [5, 5.41) is 2.88. The van der Waals surface area contributed by atoms with Crippen molar-refractivity contribution >= 4 is 41.7 Å². The molecule has 2 aliphatic rings.